The largest absolute Gasteiger partial charge is 0.328 e. The van der Waals surface area contributed by atoms with Gasteiger partial charge in [0.05, 0.1) is 29.7 Å². The molecule has 2 aromatic heterocycles. The highest BCUT2D eigenvalue weighted by atomic mass is 19.1. The van der Waals surface area contributed by atoms with Gasteiger partial charge in [0.25, 0.3) is 11.5 Å². The van der Waals surface area contributed by atoms with Crippen LogP contribution in [0.3, 0.4) is 0 Å². The van der Waals surface area contributed by atoms with Crippen LogP contribution in [0.2, 0.25) is 0 Å². The van der Waals surface area contributed by atoms with E-state index in [2.05, 4.69) is 15.3 Å². The third-order valence-electron chi connectivity index (χ3n) is 5.77. The maximum Gasteiger partial charge on any atom is 0.271 e. The first kappa shape index (κ1) is 18.5. The van der Waals surface area contributed by atoms with Gasteiger partial charge in [0.15, 0.2) is 0 Å². The van der Waals surface area contributed by atoms with Gasteiger partial charge in [0.2, 0.25) is 0 Å². The molecule has 0 spiro atoms. The average Bonchev–Trinajstić information content (AvgIpc) is 3.33. The lowest BCUT2D eigenvalue weighted by atomic mass is 10.0. The van der Waals surface area contributed by atoms with Crippen LogP contribution in [-0.2, 0) is 26.6 Å². The van der Waals surface area contributed by atoms with Gasteiger partial charge in [-0.2, -0.15) is 10.2 Å². The van der Waals surface area contributed by atoms with Gasteiger partial charge in [-0.05, 0) is 30.5 Å². The van der Waals surface area contributed by atoms with Gasteiger partial charge in [-0.15, -0.1) is 0 Å². The minimum absolute atomic E-state index is 0.0436. The number of carbonyl (C=O) groups excluding carboxylic acids is 1. The molecule has 2 aliphatic rings. The molecule has 152 valence electrons. The Hall–Kier alpha value is -3.55. The molecule has 0 radical (unpaired) electrons. The molecular formula is C22H20FN5O2. The summed E-state index contributed by atoms with van der Waals surface area (Å²) >= 11 is 0. The van der Waals surface area contributed by atoms with Crippen molar-refractivity contribution in [3.8, 4) is 0 Å². The summed E-state index contributed by atoms with van der Waals surface area (Å²) in [5, 5.41) is 12.4. The molecule has 7 nitrogen and oxygen atoms in total. The zero-order chi connectivity index (χ0) is 20.8. The third kappa shape index (κ3) is 3.04. The molecule has 1 aliphatic carbocycles. The van der Waals surface area contributed by atoms with Crippen molar-refractivity contribution in [3.05, 3.63) is 79.1 Å². The number of nitrogens with one attached hydrogen (secondary N) is 1. The van der Waals surface area contributed by atoms with Crippen LogP contribution >= 0.6 is 0 Å². The van der Waals surface area contributed by atoms with Crippen LogP contribution in [0.1, 0.15) is 45.7 Å². The van der Waals surface area contributed by atoms with Crippen molar-refractivity contribution in [1.29, 1.82) is 0 Å². The number of fused-ring (bicyclic) bond motifs is 2. The molecule has 0 unspecified atom stereocenters. The number of benzene rings is 1. The lowest BCUT2D eigenvalue weighted by molar-refractivity contribution is 0.0743. The molecule has 1 N–H and O–H groups in total. The van der Waals surface area contributed by atoms with Crippen molar-refractivity contribution < 1.29 is 9.18 Å². The summed E-state index contributed by atoms with van der Waals surface area (Å²) in [6.45, 7) is 0.833. The normalized spacial score (nSPS) is 14.7. The topological polar surface area (TPSA) is 83.9 Å². The Kier molecular flexibility index (Phi) is 4.34. The van der Waals surface area contributed by atoms with E-state index in [1.807, 2.05) is 19.2 Å². The minimum Gasteiger partial charge on any atom is -0.328 e. The van der Waals surface area contributed by atoms with E-state index in [1.54, 1.807) is 27.9 Å². The number of hydrogen-bond acceptors (Lipinski definition) is 4. The molecule has 5 rings (SSSR count). The third-order valence-corrected chi connectivity index (χ3v) is 5.77. The van der Waals surface area contributed by atoms with Gasteiger partial charge in [0, 0.05) is 36.0 Å². The average molecular weight is 405 g/mol. The van der Waals surface area contributed by atoms with E-state index in [-0.39, 0.29) is 17.0 Å². The van der Waals surface area contributed by atoms with Gasteiger partial charge >= 0.3 is 0 Å². The molecule has 1 aromatic carbocycles. The first-order valence-corrected chi connectivity index (χ1v) is 9.86. The number of amides is 1. The number of hydrogen-bond donors (Lipinski definition) is 1. The van der Waals surface area contributed by atoms with E-state index >= 15 is 0 Å². The molecule has 3 aromatic rings. The van der Waals surface area contributed by atoms with Gasteiger partial charge in [0.1, 0.15) is 5.82 Å². The Balaban J connectivity index is 1.45. The fourth-order valence-corrected chi connectivity index (χ4v) is 4.18. The molecule has 1 amide bonds. The number of carbonyl (C=O) groups is 1. The molecule has 0 saturated carbocycles. The van der Waals surface area contributed by atoms with Crippen LogP contribution in [0.5, 0.6) is 0 Å². The highest BCUT2D eigenvalue weighted by molar-refractivity contribution is 5.95. The number of aromatic nitrogens is 4. The second-order valence-corrected chi connectivity index (χ2v) is 7.70. The maximum absolute atomic E-state index is 14.5. The van der Waals surface area contributed by atoms with Crippen molar-refractivity contribution in [2.24, 2.45) is 7.05 Å². The van der Waals surface area contributed by atoms with Crippen molar-refractivity contribution >= 4 is 18.1 Å². The summed E-state index contributed by atoms with van der Waals surface area (Å²) in [5.74, 6) is -0.893. The number of rotatable bonds is 3. The molecule has 1 aliphatic heterocycles. The van der Waals surface area contributed by atoms with Crippen LogP contribution in [0.15, 0.2) is 29.2 Å². The van der Waals surface area contributed by atoms with E-state index in [0.717, 1.165) is 34.9 Å². The minimum atomic E-state index is -0.547. The summed E-state index contributed by atoms with van der Waals surface area (Å²) in [5.41, 5.74) is 3.27. The fraction of sp³-hybridized carbons (Fsp3) is 0.273. The van der Waals surface area contributed by atoms with Crippen LogP contribution in [0.25, 0.3) is 12.2 Å². The second kappa shape index (κ2) is 7.05. The smallest absolute Gasteiger partial charge is 0.271 e. The van der Waals surface area contributed by atoms with Gasteiger partial charge in [-0.3, -0.25) is 14.3 Å². The van der Waals surface area contributed by atoms with E-state index < -0.39 is 5.82 Å². The Morgan fingerprint density at radius 1 is 1.20 bits per heavy atom. The number of halogens is 1. The molecule has 30 heavy (non-hydrogen) atoms. The van der Waals surface area contributed by atoms with E-state index in [4.69, 9.17) is 0 Å². The van der Waals surface area contributed by atoms with Crippen LogP contribution in [0.4, 0.5) is 4.39 Å². The predicted octanol–water partition coefficient (Wildman–Crippen LogP) is 0.744. The van der Waals surface area contributed by atoms with Gasteiger partial charge < -0.3 is 4.90 Å². The van der Waals surface area contributed by atoms with Gasteiger partial charge in [-0.1, -0.05) is 18.2 Å². The molecule has 3 heterocycles. The van der Waals surface area contributed by atoms with Crippen LogP contribution in [0, 0.1) is 5.82 Å². The zero-order valence-corrected chi connectivity index (χ0v) is 16.5. The number of nitrogens with zero attached hydrogens (tertiary/aromatic N) is 4. The lowest BCUT2D eigenvalue weighted by Gasteiger charge is -2.17. The number of H-pyrrole nitrogens is 1. The molecule has 0 bridgehead atoms. The SMILES string of the molecule is Cn1ncc2c1CN(C(=O)c1cc(Cc3n[nH]c(=O)c4c3=CCCC=4)ccc1F)C2. The highest BCUT2D eigenvalue weighted by Crippen LogP contribution is 2.25. The van der Waals surface area contributed by atoms with E-state index in [1.165, 1.54) is 6.07 Å². The van der Waals surface area contributed by atoms with Crippen LogP contribution in [-0.4, -0.2) is 30.8 Å². The Morgan fingerprint density at radius 2 is 2.00 bits per heavy atom. The standard InChI is InChI=1S/C22H20FN5O2/c1-27-20-12-28(11-14(20)10-24-27)22(30)17-8-13(6-7-18(17)23)9-19-15-4-2-3-5-16(15)21(29)26-25-19/h4-8,10H,2-3,9,11-12H2,1H3,(H,26,29). The monoisotopic (exact) mass is 405 g/mol. The molecular weight excluding hydrogens is 385 g/mol. The van der Waals surface area contributed by atoms with Crippen LogP contribution < -0.4 is 16.0 Å². The Bertz CT molecular complexity index is 1350. The van der Waals surface area contributed by atoms with Crippen molar-refractivity contribution in [1.82, 2.24) is 24.9 Å². The van der Waals surface area contributed by atoms with Crippen molar-refractivity contribution in [2.45, 2.75) is 32.4 Å². The first-order chi connectivity index (χ1) is 14.5. The van der Waals surface area contributed by atoms with E-state index in [0.29, 0.717) is 30.4 Å². The summed E-state index contributed by atoms with van der Waals surface area (Å²) in [4.78, 5) is 26.7. The number of aryl methyl sites for hydroxylation is 1. The first-order valence-electron chi connectivity index (χ1n) is 9.86. The molecule has 0 atom stereocenters. The zero-order valence-electron chi connectivity index (χ0n) is 16.5. The molecule has 0 fully saturated rings. The predicted molar refractivity (Wildman–Crippen MR) is 108 cm³/mol. The summed E-state index contributed by atoms with van der Waals surface area (Å²) in [6.07, 6.45) is 7.74. The summed E-state index contributed by atoms with van der Waals surface area (Å²) in [7, 11) is 1.83. The summed E-state index contributed by atoms with van der Waals surface area (Å²) in [6, 6.07) is 4.56. The summed E-state index contributed by atoms with van der Waals surface area (Å²) < 4.78 is 16.3. The highest BCUT2D eigenvalue weighted by Gasteiger charge is 2.28. The number of aromatic amines is 1. The molecule has 0 saturated heterocycles. The van der Waals surface area contributed by atoms with Crippen molar-refractivity contribution in [2.75, 3.05) is 0 Å². The second-order valence-electron chi connectivity index (χ2n) is 7.70. The Labute approximate surface area is 171 Å². The molecule has 8 heteroatoms. The van der Waals surface area contributed by atoms with E-state index in [9.17, 15) is 14.0 Å². The lowest BCUT2D eigenvalue weighted by Crippen LogP contribution is -2.45. The quantitative estimate of drug-likeness (QED) is 0.697. The maximum atomic E-state index is 14.5. The van der Waals surface area contributed by atoms with Crippen molar-refractivity contribution in [3.63, 3.8) is 0 Å². The van der Waals surface area contributed by atoms with Gasteiger partial charge in [-0.25, -0.2) is 9.49 Å². The Morgan fingerprint density at radius 3 is 2.80 bits per heavy atom. The fourth-order valence-electron chi connectivity index (χ4n) is 4.18.